The molecule has 0 atom stereocenters. The van der Waals surface area contributed by atoms with Crippen molar-refractivity contribution in [3.8, 4) is 40.3 Å². The first-order valence-corrected chi connectivity index (χ1v) is 27.2. The summed E-state index contributed by atoms with van der Waals surface area (Å²) in [5, 5.41) is 32.2. The van der Waals surface area contributed by atoms with E-state index >= 15 is 0 Å². The fourth-order valence-electron chi connectivity index (χ4n) is 13.2. The van der Waals surface area contributed by atoms with Crippen LogP contribution in [0.2, 0.25) is 0 Å². The lowest BCUT2D eigenvalue weighted by molar-refractivity contribution is 0.661. The van der Waals surface area contributed by atoms with Gasteiger partial charge in [-0.25, -0.2) is 0 Å². The zero-order chi connectivity index (χ0) is 52.0. The second-order valence-corrected chi connectivity index (χ2v) is 22.2. The van der Waals surface area contributed by atoms with E-state index in [1.54, 1.807) is 11.3 Å². The highest BCUT2D eigenvalue weighted by atomic mass is 32.1. The van der Waals surface area contributed by atoms with Crippen molar-refractivity contribution >= 4 is 114 Å². The molecule has 0 radical (unpaired) electrons. The number of nitrogens with zero attached hydrogens (tertiary/aromatic N) is 6. The molecule has 364 valence electrons. The zero-order valence-electron chi connectivity index (χ0n) is 42.5. The molecule has 0 bridgehead atoms. The monoisotopic (exact) mass is 1010 g/mol. The van der Waals surface area contributed by atoms with Crippen molar-refractivity contribution in [3.05, 3.63) is 253 Å². The van der Waals surface area contributed by atoms with Gasteiger partial charge in [-0.2, -0.15) is 10.5 Å². The Balaban J connectivity index is 0.960. The third-order valence-corrected chi connectivity index (χ3v) is 17.8. The van der Waals surface area contributed by atoms with Gasteiger partial charge in [0.05, 0.1) is 55.6 Å². The summed E-state index contributed by atoms with van der Waals surface area (Å²) < 4.78 is 9.19. The summed E-state index contributed by atoms with van der Waals surface area (Å²) in [4.78, 5) is 2.29. The van der Waals surface area contributed by atoms with Crippen molar-refractivity contribution in [2.75, 3.05) is 4.90 Å². The summed E-state index contributed by atoms with van der Waals surface area (Å²) in [5.41, 5.74) is 17.2. The Labute approximate surface area is 452 Å². The third kappa shape index (κ3) is 6.16. The van der Waals surface area contributed by atoms with Crippen LogP contribution in [0.25, 0.3) is 114 Å². The first-order chi connectivity index (χ1) is 38.4. The molecule has 0 saturated carbocycles. The Morgan fingerprint density at radius 3 is 1.55 bits per heavy atom. The van der Waals surface area contributed by atoms with Crippen molar-refractivity contribution in [2.45, 2.75) is 19.3 Å². The van der Waals surface area contributed by atoms with Gasteiger partial charge in [0.2, 0.25) is 0 Å². The van der Waals surface area contributed by atoms with E-state index in [1.165, 1.54) is 48.5 Å². The topological polar surface area (TPSA) is 65.6 Å². The van der Waals surface area contributed by atoms with Gasteiger partial charge in [0.1, 0.15) is 12.1 Å². The normalized spacial score (nSPS) is 12.8. The average Bonchev–Trinajstić information content (AvgIpc) is 4.45. The van der Waals surface area contributed by atoms with Gasteiger partial charge >= 0.3 is 0 Å². The van der Waals surface area contributed by atoms with Crippen LogP contribution in [-0.4, -0.2) is 13.7 Å². The van der Waals surface area contributed by atoms with Crippen LogP contribution in [-0.2, 0) is 5.41 Å². The molecule has 0 spiro atoms. The number of para-hydroxylation sites is 4. The predicted molar refractivity (Wildman–Crippen MR) is 324 cm³/mol. The SMILES string of the molecule is CC1(C)c2ccccc2-c2cc3c4cc(-n5c6ccccc6c6ccccc65)ccc4n(-c4cc(C#N)c(-n5c6ccc(N(c7ccccc7)c7ccccc7)cc6c6cc7c(cc65)sc5ccccc57)cc4C#N)c3cc21. The maximum Gasteiger partial charge on any atom is 0.101 e. The Hall–Kier alpha value is -10.2. The summed E-state index contributed by atoms with van der Waals surface area (Å²) in [6.07, 6.45) is 0. The van der Waals surface area contributed by atoms with Gasteiger partial charge in [0, 0.05) is 80.7 Å². The van der Waals surface area contributed by atoms with Gasteiger partial charge in [-0.1, -0.05) is 129 Å². The van der Waals surface area contributed by atoms with Crippen LogP contribution in [0.15, 0.2) is 231 Å². The van der Waals surface area contributed by atoms with E-state index in [9.17, 15) is 10.5 Å². The highest BCUT2D eigenvalue weighted by molar-refractivity contribution is 7.25. The van der Waals surface area contributed by atoms with E-state index in [1.807, 2.05) is 24.3 Å². The standard InChI is InChI=1S/C71H44N6S/c1-71(2)59-25-13-9-21-49(59)53-37-56-55-36-48(75-61-26-14-10-22-50(61)51-23-11-15-27-62(51)75)30-32-63(55)76(67(56)39-60(53)71)65-33-44(42-73)66(34-43(65)41-72)77-64-31-29-47(74(45-17-5-3-6-18-45)46-19-7-4-8-20-46)35-54(64)57-38-58-52-24-12-16-28-69(52)78-70(58)40-68(57)77/h3-40H,1-2H3. The number of hydrogen-bond donors (Lipinski definition) is 0. The highest BCUT2D eigenvalue weighted by Gasteiger charge is 2.36. The molecule has 16 rings (SSSR count). The lowest BCUT2D eigenvalue weighted by atomic mass is 9.82. The zero-order valence-corrected chi connectivity index (χ0v) is 43.3. The summed E-state index contributed by atoms with van der Waals surface area (Å²) >= 11 is 1.77. The van der Waals surface area contributed by atoms with Crippen molar-refractivity contribution in [2.24, 2.45) is 0 Å². The Kier molecular flexibility index (Phi) is 9.29. The average molecular weight is 1010 g/mol. The number of anilines is 3. The van der Waals surface area contributed by atoms with E-state index in [4.69, 9.17) is 0 Å². The van der Waals surface area contributed by atoms with Crippen LogP contribution in [0.3, 0.4) is 0 Å². The Morgan fingerprint density at radius 1 is 0.359 bits per heavy atom. The lowest BCUT2D eigenvalue weighted by Gasteiger charge is -2.25. The molecule has 6 nitrogen and oxygen atoms in total. The second kappa shape index (κ2) is 16.4. The molecule has 1 aliphatic rings. The van der Waals surface area contributed by atoms with Crippen LogP contribution in [0.5, 0.6) is 0 Å². The van der Waals surface area contributed by atoms with Crippen LogP contribution in [0, 0.1) is 22.7 Å². The molecule has 4 heterocycles. The smallest absolute Gasteiger partial charge is 0.101 e. The second-order valence-electron chi connectivity index (χ2n) is 21.1. The van der Waals surface area contributed by atoms with E-state index in [0.29, 0.717) is 22.5 Å². The molecule has 7 heteroatoms. The minimum Gasteiger partial charge on any atom is -0.310 e. The molecule has 0 unspecified atom stereocenters. The quantitative estimate of drug-likeness (QED) is 0.167. The first kappa shape index (κ1) is 44.1. The fourth-order valence-corrected chi connectivity index (χ4v) is 14.3. The van der Waals surface area contributed by atoms with Crippen molar-refractivity contribution in [1.29, 1.82) is 10.5 Å². The number of hydrogen-bond acceptors (Lipinski definition) is 4. The maximum absolute atomic E-state index is 11.6. The molecule has 0 aliphatic heterocycles. The summed E-state index contributed by atoms with van der Waals surface area (Å²) in [5.74, 6) is 0. The molecule has 4 aromatic heterocycles. The fraction of sp³-hybridized carbons (Fsp3) is 0.0423. The first-order valence-electron chi connectivity index (χ1n) is 26.4. The molecular formula is C71H44N6S. The molecule has 0 fully saturated rings. The van der Waals surface area contributed by atoms with Crippen LogP contribution in [0.1, 0.15) is 36.1 Å². The van der Waals surface area contributed by atoms with E-state index in [2.05, 4.69) is 251 Å². The Bertz CT molecular complexity index is 5060. The molecule has 0 N–H and O–H groups in total. The third-order valence-electron chi connectivity index (χ3n) is 16.7. The van der Waals surface area contributed by atoms with E-state index in [-0.39, 0.29) is 5.41 Å². The van der Waals surface area contributed by atoms with Crippen molar-refractivity contribution in [3.63, 3.8) is 0 Å². The number of benzene rings is 11. The van der Waals surface area contributed by atoms with Crippen molar-refractivity contribution < 1.29 is 0 Å². The predicted octanol–water partition coefficient (Wildman–Crippen LogP) is 18.9. The number of fused-ring (bicyclic) bond motifs is 15. The van der Waals surface area contributed by atoms with Gasteiger partial charge in [-0.15, -0.1) is 11.3 Å². The van der Waals surface area contributed by atoms with Crippen LogP contribution < -0.4 is 4.90 Å². The molecule has 1 aliphatic carbocycles. The summed E-state index contributed by atoms with van der Waals surface area (Å²) in [6.45, 7) is 4.62. The van der Waals surface area contributed by atoms with Gasteiger partial charge in [0.15, 0.2) is 0 Å². The molecule has 15 aromatic rings. The minimum atomic E-state index is -0.273. The summed E-state index contributed by atoms with van der Waals surface area (Å²) in [7, 11) is 0. The lowest BCUT2D eigenvalue weighted by Crippen LogP contribution is -2.15. The van der Waals surface area contributed by atoms with Crippen LogP contribution in [0.4, 0.5) is 17.1 Å². The van der Waals surface area contributed by atoms with Gasteiger partial charge in [0.25, 0.3) is 0 Å². The summed E-state index contributed by atoms with van der Waals surface area (Å²) in [6, 6.07) is 87.5. The molecule has 0 saturated heterocycles. The van der Waals surface area contributed by atoms with Crippen LogP contribution >= 0.6 is 11.3 Å². The van der Waals surface area contributed by atoms with Gasteiger partial charge < -0.3 is 18.6 Å². The van der Waals surface area contributed by atoms with Gasteiger partial charge in [-0.3, -0.25) is 0 Å². The van der Waals surface area contributed by atoms with Gasteiger partial charge in [-0.05, 0) is 138 Å². The number of thiophene rings is 1. The molecule has 11 aromatic carbocycles. The molecular weight excluding hydrogens is 969 g/mol. The van der Waals surface area contributed by atoms with Crippen molar-refractivity contribution in [1.82, 2.24) is 13.7 Å². The number of rotatable bonds is 6. The van der Waals surface area contributed by atoms with E-state index < -0.39 is 0 Å². The minimum absolute atomic E-state index is 0.273. The number of aromatic nitrogens is 3. The highest BCUT2D eigenvalue weighted by Crippen LogP contribution is 2.52. The van der Waals surface area contributed by atoms with E-state index in [0.717, 1.165) is 82.1 Å². The Morgan fingerprint density at radius 2 is 0.885 bits per heavy atom. The number of nitriles is 2. The largest absolute Gasteiger partial charge is 0.310 e. The molecule has 0 amide bonds. The molecule has 78 heavy (non-hydrogen) atoms. The maximum atomic E-state index is 11.6.